The summed E-state index contributed by atoms with van der Waals surface area (Å²) in [6, 6.07) is 10.2. The van der Waals surface area contributed by atoms with Gasteiger partial charge in [-0.1, -0.05) is 18.2 Å². The third-order valence-electron chi connectivity index (χ3n) is 7.33. The van der Waals surface area contributed by atoms with Crippen molar-refractivity contribution in [3.8, 4) is 0 Å². The predicted octanol–water partition coefficient (Wildman–Crippen LogP) is 4.96. The molecule has 6 nitrogen and oxygen atoms in total. The zero-order chi connectivity index (χ0) is 28.6. The molecule has 0 aliphatic carbocycles. The first-order chi connectivity index (χ1) is 18.2. The van der Waals surface area contributed by atoms with E-state index in [1.807, 2.05) is 54.2 Å². The van der Waals surface area contributed by atoms with Gasteiger partial charge in [0, 0.05) is 30.9 Å². The second kappa shape index (κ2) is 10.7. The van der Waals surface area contributed by atoms with Crippen LogP contribution in [0.1, 0.15) is 40.7 Å². The van der Waals surface area contributed by atoms with Gasteiger partial charge in [-0.2, -0.15) is 26.3 Å². The zero-order valence-corrected chi connectivity index (χ0v) is 21.6. The van der Waals surface area contributed by atoms with Crippen LogP contribution in [0.4, 0.5) is 32.0 Å². The number of carbonyl (C=O) groups excluding carboxylic acids is 2. The summed E-state index contributed by atoms with van der Waals surface area (Å²) in [7, 11) is 3.89. The van der Waals surface area contributed by atoms with Gasteiger partial charge in [-0.15, -0.1) is 0 Å². The van der Waals surface area contributed by atoms with E-state index < -0.39 is 40.5 Å². The van der Waals surface area contributed by atoms with Gasteiger partial charge in [0.25, 0.3) is 5.91 Å². The molecule has 0 aromatic heterocycles. The average molecular weight is 557 g/mol. The van der Waals surface area contributed by atoms with Crippen LogP contribution in [0.2, 0.25) is 0 Å². The summed E-state index contributed by atoms with van der Waals surface area (Å²) in [5, 5.41) is 0. The normalized spacial score (nSPS) is 18.0. The van der Waals surface area contributed by atoms with Gasteiger partial charge in [-0.05, 0) is 70.2 Å². The molecule has 2 aromatic carbocycles. The fourth-order valence-electron chi connectivity index (χ4n) is 5.29. The maximum atomic E-state index is 13.7. The number of hydrogen-bond donors (Lipinski definition) is 0. The van der Waals surface area contributed by atoms with E-state index in [0.717, 1.165) is 18.7 Å². The van der Waals surface area contributed by atoms with Crippen molar-refractivity contribution in [2.75, 3.05) is 51.8 Å². The molecular formula is C27H30F6N4O2. The number of halogens is 6. The first kappa shape index (κ1) is 28.7. The first-order valence-corrected chi connectivity index (χ1v) is 12.6. The number of benzene rings is 2. The van der Waals surface area contributed by atoms with E-state index in [1.54, 1.807) is 4.90 Å². The highest BCUT2D eigenvalue weighted by Gasteiger charge is 2.54. The van der Waals surface area contributed by atoms with Crippen molar-refractivity contribution < 1.29 is 35.9 Å². The molecule has 4 rings (SSSR count). The first-order valence-electron chi connectivity index (χ1n) is 12.6. The van der Waals surface area contributed by atoms with Crippen molar-refractivity contribution in [1.82, 2.24) is 14.7 Å². The van der Waals surface area contributed by atoms with Crippen molar-refractivity contribution in [2.24, 2.45) is 0 Å². The van der Waals surface area contributed by atoms with Crippen LogP contribution in [0.5, 0.6) is 0 Å². The molecule has 0 unspecified atom stereocenters. The lowest BCUT2D eigenvalue weighted by atomic mass is 9.85. The molecule has 2 amide bonds. The maximum Gasteiger partial charge on any atom is 0.416 e. The van der Waals surface area contributed by atoms with Crippen LogP contribution in [-0.2, 0) is 17.1 Å². The van der Waals surface area contributed by atoms with Gasteiger partial charge >= 0.3 is 12.4 Å². The summed E-state index contributed by atoms with van der Waals surface area (Å²) in [5.74, 6) is -1.02. The van der Waals surface area contributed by atoms with Crippen LogP contribution in [0, 0.1) is 0 Å². The van der Waals surface area contributed by atoms with Gasteiger partial charge in [-0.25, -0.2) is 0 Å². The monoisotopic (exact) mass is 556 g/mol. The highest BCUT2D eigenvalue weighted by molar-refractivity contribution is 5.96. The van der Waals surface area contributed by atoms with Gasteiger partial charge < -0.3 is 19.6 Å². The molecule has 39 heavy (non-hydrogen) atoms. The van der Waals surface area contributed by atoms with Gasteiger partial charge in [0.05, 0.1) is 17.8 Å². The molecule has 0 saturated carbocycles. The Morgan fingerprint density at radius 1 is 0.923 bits per heavy atom. The third kappa shape index (κ3) is 6.00. The Morgan fingerprint density at radius 3 is 2.00 bits per heavy atom. The van der Waals surface area contributed by atoms with Crippen molar-refractivity contribution in [3.05, 3.63) is 65.2 Å². The molecule has 2 fully saturated rings. The lowest BCUT2D eigenvalue weighted by Gasteiger charge is -2.43. The lowest BCUT2D eigenvalue weighted by molar-refractivity contribution is -0.143. The van der Waals surface area contributed by atoms with Crippen LogP contribution in [0.15, 0.2) is 48.5 Å². The number of nitrogens with zero attached hydrogens (tertiary/aromatic N) is 4. The number of carbonyl (C=O) groups is 2. The minimum Gasteiger partial charge on any atom is -0.339 e. The van der Waals surface area contributed by atoms with E-state index in [4.69, 9.17) is 0 Å². The summed E-state index contributed by atoms with van der Waals surface area (Å²) in [6.45, 7) is 1.71. The molecule has 0 atom stereocenters. The Labute approximate surface area is 222 Å². The van der Waals surface area contributed by atoms with Gasteiger partial charge in [0.1, 0.15) is 5.54 Å². The van der Waals surface area contributed by atoms with Gasteiger partial charge in [0.2, 0.25) is 5.91 Å². The second-order valence-corrected chi connectivity index (χ2v) is 10.2. The molecule has 2 heterocycles. The molecule has 0 N–H and O–H groups in total. The van der Waals surface area contributed by atoms with E-state index in [9.17, 15) is 35.9 Å². The molecule has 12 heteroatoms. The number of likely N-dealkylation sites (tertiary alicyclic amines) is 1. The molecule has 2 aliphatic rings. The number of amides is 2. The van der Waals surface area contributed by atoms with Crippen LogP contribution in [0.25, 0.3) is 0 Å². The highest BCUT2D eigenvalue weighted by Crippen LogP contribution is 2.41. The van der Waals surface area contributed by atoms with Crippen LogP contribution in [-0.4, -0.2) is 79.0 Å². The Bertz CT molecular complexity index is 1160. The minimum absolute atomic E-state index is 0.00178. The van der Waals surface area contributed by atoms with E-state index in [0.29, 0.717) is 25.3 Å². The SMILES string of the molecule is CN(C)CCCN1CN(c2ccccc2)C2(CCN(C(=O)c3cc(C(F)(F)F)cc(C(F)(F)F)c3)CC2)C1=O. The molecule has 212 valence electrons. The van der Waals surface area contributed by atoms with Crippen molar-refractivity contribution in [2.45, 2.75) is 37.2 Å². The number of anilines is 1. The van der Waals surface area contributed by atoms with Crippen molar-refractivity contribution >= 4 is 17.5 Å². The largest absolute Gasteiger partial charge is 0.416 e. The Hall–Kier alpha value is -3.28. The lowest BCUT2D eigenvalue weighted by Crippen LogP contribution is -2.57. The number of para-hydroxylation sites is 1. The molecule has 2 saturated heterocycles. The fourth-order valence-corrected chi connectivity index (χ4v) is 5.29. The third-order valence-corrected chi connectivity index (χ3v) is 7.33. The van der Waals surface area contributed by atoms with Crippen LogP contribution >= 0.6 is 0 Å². The van der Waals surface area contributed by atoms with Crippen molar-refractivity contribution in [1.29, 1.82) is 0 Å². The Morgan fingerprint density at radius 2 is 1.49 bits per heavy atom. The highest BCUT2D eigenvalue weighted by atomic mass is 19.4. The van der Waals surface area contributed by atoms with Gasteiger partial charge in [-0.3, -0.25) is 9.59 Å². The van der Waals surface area contributed by atoms with E-state index >= 15 is 0 Å². The quantitative estimate of drug-likeness (QED) is 0.473. The molecule has 1 spiro atoms. The summed E-state index contributed by atoms with van der Waals surface area (Å²) in [5.41, 5.74) is -3.89. The molecule has 0 bridgehead atoms. The number of alkyl halides is 6. The Balaban J connectivity index is 1.58. The van der Waals surface area contributed by atoms with Gasteiger partial charge in [0.15, 0.2) is 0 Å². The predicted molar refractivity (Wildman–Crippen MR) is 133 cm³/mol. The summed E-state index contributed by atoms with van der Waals surface area (Å²) in [6.07, 6.45) is -8.95. The second-order valence-electron chi connectivity index (χ2n) is 10.2. The standard InChI is InChI=1S/C27H30F6N4O2/c1-34(2)11-6-12-36-18-37(22-7-4-3-5-8-22)25(24(36)39)9-13-35(14-10-25)23(38)19-15-20(26(28,29)30)17-21(16-19)27(31,32)33/h3-5,7-8,15-17H,6,9-14,18H2,1-2H3. The van der Waals surface area contributed by atoms with E-state index in [1.165, 1.54) is 4.90 Å². The number of rotatable bonds is 6. The number of piperidine rings is 1. The topological polar surface area (TPSA) is 47.1 Å². The summed E-state index contributed by atoms with van der Waals surface area (Å²) in [4.78, 5) is 33.9. The van der Waals surface area contributed by atoms with Crippen molar-refractivity contribution in [3.63, 3.8) is 0 Å². The van der Waals surface area contributed by atoms with Crippen LogP contribution < -0.4 is 4.90 Å². The molecular weight excluding hydrogens is 526 g/mol. The maximum absolute atomic E-state index is 13.7. The van der Waals surface area contributed by atoms with Crippen LogP contribution in [0.3, 0.4) is 0 Å². The average Bonchev–Trinajstić information content (AvgIpc) is 3.14. The molecule has 2 aliphatic heterocycles. The fraction of sp³-hybridized carbons (Fsp3) is 0.481. The molecule has 2 aromatic rings. The summed E-state index contributed by atoms with van der Waals surface area (Å²) >= 11 is 0. The zero-order valence-electron chi connectivity index (χ0n) is 21.6. The smallest absolute Gasteiger partial charge is 0.339 e. The Kier molecular flexibility index (Phi) is 7.89. The van der Waals surface area contributed by atoms with E-state index in [2.05, 4.69) is 0 Å². The summed E-state index contributed by atoms with van der Waals surface area (Å²) < 4.78 is 79.9. The minimum atomic E-state index is -5.05. The molecule has 0 radical (unpaired) electrons. The van der Waals surface area contributed by atoms with E-state index in [-0.39, 0.29) is 37.9 Å². The number of hydrogen-bond acceptors (Lipinski definition) is 4.